The molecule has 0 aliphatic heterocycles. The molecule has 12 heavy (non-hydrogen) atoms. The molecule has 2 nitrogen and oxygen atoms in total. The van der Waals surface area contributed by atoms with E-state index in [0.29, 0.717) is 16.2 Å². The van der Waals surface area contributed by atoms with Crippen molar-refractivity contribution in [1.82, 2.24) is 4.98 Å². The normalized spacial score (nSPS) is 11.2. The highest BCUT2D eigenvalue weighted by Crippen LogP contribution is 2.33. The Morgan fingerprint density at radius 3 is 2.33 bits per heavy atom. The molecule has 0 fully saturated rings. The second-order valence-corrected chi connectivity index (χ2v) is 3.24. The summed E-state index contributed by atoms with van der Waals surface area (Å²) < 4.78 is 35.9. The Balaban J connectivity index is 3.16. The van der Waals surface area contributed by atoms with Gasteiger partial charge in [0, 0.05) is 4.88 Å². The van der Waals surface area contributed by atoms with Crippen molar-refractivity contribution in [2.45, 2.75) is 13.1 Å². The van der Waals surface area contributed by atoms with Crippen LogP contribution in [0.3, 0.4) is 0 Å². The number of aryl methyl sites for hydroxylation is 1. The molecular weight excluding hydrogens is 189 g/mol. The Morgan fingerprint density at radius 2 is 2.08 bits per heavy atom. The van der Waals surface area contributed by atoms with Crippen LogP contribution >= 0.6 is 11.3 Å². The van der Waals surface area contributed by atoms with Crippen LogP contribution in [0.5, 0.6) is 0 Å². The minimum atomic E-state index is -4.44. The fraction of sp³-hybridized carbons (Fsp3) is 0.333. The van der Waals surface area contributed by atoms with Crippen molar-refractivity contribution in [1.29, 1.82) is 5.26 Å². The van der Waals surface area contributed by atoms with Crippen LogP contribution < -0.4 is 0 Å². The number of aromatic nitrogens is 1. The lowest BCUT2D eigenvalue weighted by atomic mass is 10.4. The van der Waals surface area contributed by atoms with Gasteiger partial charge in [-0.2, -0.15) is 18.4 Å². The first-order valence-corrected chi connectivity index (χ1v) is 3.71. The predicted octanol–water partition coefficient (Wildman–Crippen LogP) is 2.34. The lowest BCUT2D eigenvalue weighted by Gasteiger charge is -1.98. The van der Waals surface area contributed by atoms with Gasteiger partial charge in [-0.1, -0.05) is 0 Å². The highest BCUT2D eigenvalue weighted by Gasteiger charge is 2.35. The van der Waals surface area contributed by atoms with Crippen molar-refractivity contribution in [2.75, 3.05) is 0 Å². The van der Waals surface area contributed by atoms with Gasteiger partial charge in [-0.3, -0.25) is 0 Å². The summed E-state index contributed by atoms with van der Waals surface area (Å²) in [6.07, 6.45) is -4.44. The zero-order valence-corrected chi connectivity index (χ0v) is 6.75. The molecule has 0 spiro atoms. The number of thiazole rings is 1. The number of halogens is 3. The number of hydrogen-bond acceptors (Lipinski definition) is 3. The van der Waals surface area contributed by atoms with E-state index >= 15 is 0 Å². The van der Waals surface area contributed by atoms with Crippen LogP contribution in [0.25, 0.3) is 0 Å². The first-order chi connectivity index (χ1) is 5.45. The molecule has 0 saturated carbocycles. The molecule has 1 aromatic heterocycles. The summed E-state index contributed by atoms with van der Waals surface area (Å²) in [6.45, 7) is 1.44. The van der Waals surface area contributed by atoms with E-state index in [1.165, 1.54) is 6.92 Å². The Hall–Kier alpha value is -1.09. The molecule has 1 rings (SSSR count). The van der Waals surface area contributed by atoms with Gasteiger partial charge in [0.1, 0.15) is 6.07 Å². The summed E-state index contributed by atoms with van der Waals surface area (Å²) >= 11 is 0.487. The van der Waals surface area contributed by atoms with E-state index in [1.54, 1.807) is 6.07 Å². The van der Waals surface area contributed by atoms with Gasteiger partial charge in [0.15, 0.2) is 10.7 Å². The van der Waals surface area contributed by atoms with Gasteiger partial charge in [0.05, 0.1) is 0 Å². The molecule has 0 N–H and O–H groups in total. The van der Waals surface area contributed by atoms with Gasteiger partial charge >= 0.3 is 6.18 Å². The van der Waals surface area contributed by atoms with Gasteiger partial charge in [-0.05, 0) is 6.92 Å². The van der Waals surface area contributed by atoms with Crippen LogP contribution in [-0.4, -0.2) is 4.98 Å². The summed E-state index contributed by atoms with van der Waals surface area (Å²) in [5, 5.41) is 7.36. The Labute approximate surface area is 70.3 Å². The predicted molar refractivity (Wildman–Crippen MR) is 36.6 cm³/mol. The van der Waals surface area contributed by atoms with Gasteiger partial charge in [0.2, 0.25) is 0 Å². The lowest BCUT2D eigenvalue weighted by molar-refractivity contribution is -0.137. The van der Waals surface area contributed by atoms with Crippen molar-refractivity contribution < 1.29 is 13.2 Å². The van der Waals surface area contributed by atoms with Crippen molar-refractivity contribution in [3.05, 3.63) is 15.6 Å². The third-order valence-electron chi connectivity index (χ3n) is 1.14. The van der Waals surface area contributed by atoms with E-state index in [9.17, 15) is 13.2 Å². The molecular formula is C6H3F3N2S. The molecule has 1 aromatic rings. The Kier molecular flexibility index (Phi) is 2.06. The van der Waals surface area contributed by atoms with E-state index < -0.39 is 11.2 Å². The smallest absolute Gasteiger partial charge is 0.221 e. The van der Waals surface area contributed by atoms with Crippen LogP contribution in [0.1, 0.15) is 15.6 Å². The van der Waals surface area contributed by atoms with Gasteiger partial charge in [-0.25, -0.2) is 4.98 Å². The van der Waals surface area contributed by atoms with Crippen LogP contribution in [0.2, 0.25) is 0 Å². The van der Waals surface area contributed by atoms with Gasteiger partial charge in [0.25, 0.3) is 0 Å². The average molecular weight is 192 g/mol. The number of alkyl halides is 3. The maximum atomic E-state index is 12.0. The molecule has 0 amide bonds. The second kappa shape index (κ2) is 2.75. The first kappa shape index (κ1) is 9.00. The summed E-state index contributed by atoms with van der Waals surface area (Å²) in [4.78, 5) is 3.43. The standard InChI is InChI=1S/C6H3F3N2S/c1-3-4(2-10)11-5(12-3)6(7,8)9/h1H3. The van der Waals surface area contributed by atoms with Gasteiger partial charge in [-0.15, -0.1) is 11.3 Å². The van der Waals surface area contributed by atoms with Crippen LogP contribution in [0.4, 0.5) is 13.2 Å². The van der Waals surface area contributed by atoms with E-state index in [0.717, 1.165) is 0 Å². The van der Waals surface area contributed by atoms with E-state index in [4.69, 9.17) is 5.26 Å². The van der Waals surface area contributed by atoms with E-state index in [1.807, 2.05) is 0 Å². The maximum Gasteiger partial charge on any atom is 0.443 e. The third kappa shape index (κ3) is 1.56. The molecule has 1 heterocycles. The van der Waals surface area contributed by atoms with Crippen LogP contribution in [-0.2, 0) is 6.18 Å². The van der Waals surface area contributed by atoms with Crippen LogP contribution in [0, 0.1) is 18.3 Å². The summed E-state index contributed by atoms with van der Waals surface area (Å²) in [6, 6.07) is 1.59. The van der Waals surface area contributed by atoms with Gasteiger partial charge < -0.3 is 0 Å². The molecule has 0 bridgehead atoms. The number of hydrogen-bond donors (Lipinski definition) is 0. The molecule has 0 radical (unpaired) electrons. The van der Waals surface area contributed by atoms with E-state index in [2.05, 4.69) is 4.98 Å². The minimum Gasteiger partial charge on any atom is -0.221 e. The highest BCUT2D eigenvalue weighted by molar-refractivity contribution is 7.11. The fourth-order valence-electron chi connectivity index (χ4n) is 0.621. The largest absolute Gasteiger partial charge is 0.443 e. The molecule has 0 aliphatic carbocycles. The lowest BCUT2D eigenvalue weighted by Crippen LogP contribution is -2.03. The Bertz CT molecular complexity index is 334. The topological polar surface area (TPSA) is 36.7 Å². The number of nitrogens with zero attached hydrogens (tertiary/aromatic N) is 2. The molecule has 64 valence electrons. The highest BCUT2D eigenvalue weighted by atomic mass is 32.1. The zero-order chi connectivity index (χ0) is 9.35. The van der Waals surface area contributed by atoms with Crippen molar-refractivity contribution in [3.63, 3.8) is 0 Å². The van der Waals surface area contributed by atoms with Crippen molar-refractivity contribution >= 4 is 11.3 Å². The SMILES string of the molecule is Cc1sc(C(F)(F)F)nc1C#N. The Morgan fingerprint density at radius 1 is 1.50 bits per heavy atom. The van der Waals surface area contributed by atoms with Crippen molar-refractivity contribution in [3.8, 4) is 6.07 Å². The fourth-order valence-corrected chi connectivity index (χ4v) is 1.35. The summed E-state index contributed by atoms with van der Waals surface area (Å²) in [5.74, 6) is 0. The molecule has 6 heteroatoms. The molecule has 0 aliphatic rings. The van der Waals surface area contributed by atoms with Crippen molar-refractivity contribution in [2.24, 2.45) is 0 Å². The number of nitriles is 1. The summed E-state index contributed by atoms with van der Waals surface area (Å²) in [7, 11) is 0. The average Bonchev–Trinajstić information content (AvgIpc) is 2.29. The minimum absolute atomic E-state index is 0.146. The molecule has 0 unspecified atom stereocenters. The second-order valence-electron chi connectivity index (χ2n) is 2.03. The third-order valence-corrected chi connectivity index (χ3v) is 2.16. The summed E-state index contributed by atoms with van der Waals surface area (Å²) in [5.41, 5.74) is -0.146. The monoisotopic (exact) mass is 192 g/mol. The molecule has 0 saturated heterocycles. The number of rotatable bonds is 0. The maximum absolute atomic E-state index is 12.0. The first-order valence-electron chi connectivity index (χ1n) is 2.90. The van der Waals surface area contributed by atoms with E-state index in [-0.39, 0.29) is 5.69 Å². The van der Waals surface area contributed by atoms with Crippen LogP contribution in [0.15, 0.2) is 0 Å². The molecule has 0 aromatic carbocycles. The zero-order valence-electron chi connectivity index (χ0n) is 5.94. The quantitative estimate of drug-likeness (QED) is 0.632. The molecule has 0 atom stereocenters.